The maximum atomic E-state index is 11.9. The third-order valence-corrected chi connectivity index (χ3v) is 6.06. The normalized spacial score (nSPS) is 15.3. The molecule has 1 aliphatic heterocycles. The van der Waals surface area contributed by atoms with Crippen LogP contribution in [0.4, 0.5) is 4.79 Å². The topological polar surface area (TPSA) is 60.3 Å². The number of thioether (sulfide) groups is 1. The number of hydrogen-bond donors (Lipinski definition) is 1. The molecule has 1 N–H and O–H groups in total. The largest absolute Gasteiger partial charge is 0.492 e. The Morgan fingerprint density at radius 2 is 2.03 bits per heavy atom. The number of aryl methyl sites for hydroxylation is 1. The Labute approximate surface area is 185 Å². The molecule has 8 heteroatoms. The summed E-state index contributed by atoms with van der Waals surface area (Å²) in [6, 6.07) is 13.4. The van der Waals surface area contributed by atoms with Gasteiger partial charge in [0, 0.05) is 33.7 Å². The summed E-state index contributed by atoms with van der Waals surface area (Å²) in [4.78, 5) is 23.8. The molecule has 3 aromatic rings. The average molecular weight is 492 g/mol. The van der Waals surface area contributed by atoms with E-state index in [1.54, 1.807) is 12.1 Å². The minimum Gasteiger partial charge on any atom is -0.492 e. The van der Waals surface area contributed by atoms with E-state index in [1.165, 1.54) is 0 Å². The summed E-state index contributed by atoms with van der Waals surface area (Å²) < 4.78 is 8.85. The van der Waals surface area contributed by atoms with Crippen LogP contribution < -0.4 is 10.1 Å². The molecule has 1 aromatic heterocycles. The second-order valence-electron chi connectivity index (χ2n) is 6.42. The van der Waals surface area contributed by atoms with Crippen molar-refractivity contribution >= 4 is 67.4 Å². The van der Waals surface area contributed by atoms with Crippen molar-refractivity contribution in [1.29, 1.82) is 0 Å². The monoisotopic (exact) mass is 490 g/mol. The van der Waals surface area contributed by atoms with Crippen LogP contribution in [0.3, 0.4) is 0 Å². The van der Waals surface area contributed by atoms with E-state index in [0.717, 1.165) is 45.7 Å². The molecule has 0 bridgehead atoms. The van der Waals surface area contributed by atoms with Gasteiger partial charge in [-0.3, -0.25) is 14.9 Å². The van der Waals surface area contributed by atoms with Crippen LogP contribution in [-0.4, -0.2) is 22.3 Å². The number of carbonyl (C=O) groups excluding carboxylic acids is 2. The quantitative estimate of drug-likeness (QED) is 0.347. The number of ether oxygens (including phenoxy) is 1. The molecule has 0 unspecified atom stereocenters. The SMILES string of the molecule is O=C1NC(=O)/C(=C/c2cn(CCCOc3ccccc3Cl)c3ccc(Br)cc23)S1. The number of amides is 2. The lowest BCUT2D eigenvalue weighted by Crippen LogP contribution is -2.17. The zero-order valence-electron chi connectivity index (χ0n) is 15.2. The molecule has 2 aromatic carbocycles. The summed E-state index contributed by atoms with van der Waals surface area (Å²) in [6.45, 7) is 1.27. The van der Waals surface area contributed by atoms with Crippen molar-refractivity contribution in [3.05, 3.63) is 68.6 Å². The van der Waals surface area contributed by atoms with Crippen molar-refractivity contribution in [3.8, 4) is 5.75 Å². The van der Waals surface area contributed by atoms with Crippen LogP contribution in [-0.2, 0) is 11.3 Å². The number of nitrogens with one attached hydrogen (secondary N) is 1. The molecule has 0 atom stereocenters. The molecule has 1 aliphatic rings. The zero-order chi connectivity index (χ0) is 20.4. The third-order valence-electron chi connectivity index (χ3n) is 4.44. The molecule has 0 spiro atoms. The molecule has 0 radical (unpaired) electrons. The lowest BCUT2D eigenvalue weighted by atomic mass is 10.1. The fraction of sp³-hybridized carbons (Fsp3) is 0.143. The summed E-state index contributed by atoms with van der Waals surface area (Å²) in [5.74, 6) is 0.318. The van der Waals surface area contributed by atoms with E-state index in [1.807, 2.05) is 42.6 Å². The maximum absolute atomic E-state index is 11.9. The third kappa shape index (κ3) is 4.52. The molecule has 148 valence electrons. The highest BCUT2D eigenvalue weighted by Crippen LogP contribution is 2.31. The van der Waals surface area contributed by atoms with Crippen LogP contribution in [0.5, 0.6) is 5.75 Å². The van der Waals surface area contributed by atoms with Crippen molar-refractivity contribution < 1.29 is 14.3 Å². The maximum Gasteiger partial charge on any atom is 0.290 e. The Balaban J connectivity index is 1.54. The van der Waals surface area contributed by atoms with Crippen LogP contribution in [0.25, 0.3) is 17.0 Å². The van der Waals surface area contributed by atoms with Gasteiger partial charge in [-0.25, -0.2) is 0 Å². The second kappa shape index (κ2) is 8.65. The van der Waals surface area contributed by atoms with E-state index in [2.05, 4.69) is 25.8 Å². The number of nitrogens with zero attached hydrogens (tertiary/aromatic N) is 1. The van der Waals surface area contributed by atoms with E-state index in [4.69, 9.17) is 16.3 Å². The molecular weight excluding hydrogens is 476 g/mol. The van der Waals surface area contributed by atoms with Crippen LogP contribution in [0.15, 0.2) is 58.0 Å². The number of rotatable bonds is 6. The van der Waals surface area contributed by atoms with Gasteiger partial charge in [-0.15, -0.1) is 0 Å². The van der Waals surface area contributed by atoms with E-state index in [-0.39, 0.29) is 11.1 Å². The number of halogens is 2. The summed E-state index contributed by atoms with van der Waals surface area (Å²) in [5.41, 5.74) is 1.94. The van der Waals surface area contributed by atoms with E-state index >= 15 is 0 Å². The first-order valence-corrected chi connectivity index (χ1v) is 10.9. The molecule has 2 heterocycles. The Hall–Kier alpha value is -2.22. The van der Waals surface area contributed by atoms with Crippen LogP contribution >= 0.6 is 39.3 Å². The first-order valence-electron chi connectivity index (χ1n) is 8.92. The Morgan fingerprint density at radius 1 is 1.21 bits per heavy atom. The highest BCUT2D eigenvalue weighted by molar-refractivity contribution is 9.10. The number of aromatic nitrogens is 1. The fourth-order valence-corrected chi connectivity index (χ4v) is 4.36. The van der Waals surface area contributed by atoms with Crippen molar-refractivity contribution in [2.75, 3.05) is 6.61 Å². The molecule has 1 fully saturated rings. The van der Waals surface area contributed by atoms with Gasteiger partial charge in [0.1, 0.15) is 5.75 Å². The first kappa shape index (κ1) is 20.1. The van der Waals surface area contributed by atoms with E-state index in [0.29, 0.717) is 22.3 Å². The highest BCUT2D eigenvalue weighted by atomic mass is 79.9. The Bertz CT molecular complexity index is 1140. The van der Waals surface area contributed by atoms with Crippen molar-refractivity contribution in [2.45, 2.75) is 13.0 Å². The summed E-state index contributed by atoms with van der Waals surface area (Å²) >= 11 is 10.5. The van der Waals surface area contributed by atoms with E-state index in [9.17, 15) is 9.59 Å². The van der Waals surface area contributed by atoms with Crippen molar-refractivity contribution in [3.63, 3.8) is 0 Å². The fourth-order valence-electron chi connectivity index (χ4n) is 3.14. The number of hydrogen-bond acceptors (Lipinski definition) is 4. The van der Waals surface area contributed by atoms with Gasteiger partial charge in [0.15, 0.2) is 0 Å². The first-order chi connectivity index (χ1) is 14.0. The molecule has 0 saturated carbocycles. The van der Waals surface area contributed by atoms with Crippen LogP contribution in [0.2, 0.25) is 5.02 Å². The number of benzene rings is 2. The Kier molecular flexibility index (Phi) is 5.99. The number of fused-ring (bicyclic) bond motifs is 1. The van der Waals surface area contributed by atoms with Gasteiger partial charge in [-0.2, -0.15) is 0 Å². The molecule has 2 amide bonds. The molecule has 1 saturated heterocycles. The summed E-state index contributed by atoms with van der Waals surface area (Å²) in [7, 11) is 0. The molecular formula is C21H16BrClN2O3S. The second-order valence-corrected chi connectivity index (χ2v) is 8.76. The smallest absolute Gasteiger partial charge is 0.290 e. The van der Waals surface area contributed by atoms with Gasteiger partial charge in [0.25, 0.3) is 11.1 Å². The molecule has 0 aliphatic carbocycles. The highest BCUT2D eigenvalue weighted by Gasteiger charge is 2.25. The standard InChI is InChI=1S/C21H16BrClN2O3S/c22-14-6-7-17-15(11-14)13(10-19-20(26)24-21(27)29-19)12-25(17)8-3-9-28-18-5-2-1-4-16(18)23/h1-2,4-7,10-12H,3,8-9H2,(H,24,26,27)/b19-10-. The molecule has 4 rings (SSSR count). The number of para-hydroxylation sites is 1. The number of imide groups is 1. The van der Waals surface area contributed by atoms with Crippen LogP contribution in [0.1, 0.15) is 12.0 Å². The van der Waals surface area contributed by atoms with Gasteiger partial charge in [-0.05, 0) is 54.6 Å². The number of carbonyl (C=O) groups is 2. The molecule has 29 heavy (non-hydrogen) atoms. The van der Waals surface area contributed by atoms with Crippen LogP contribution in [0, 0.1) is 0 Å². The van der Waals surface area contributed by atoms with Crippen molar-refractivity contribution in [2.24, 2.45) is 0 Å². The van der Waals surface area contributed by atoms with Gasteiger partial charge in [-0.1, -0.05) is 39.7 Å². The molecule has 5 nitrogen and oxygen atoms in total. The lowest BCUT2D eigenvalue weighted by Gasteiger charge is -2.09. The predicted octanol–water partition coefficient (Wildman–Crippen LogP) is 5.85. The lowest BCUT2D eigenvalue weighted by molar-refractivity contribution is -0.115. The van der Waals surface area contributed by atoms with Crippen molar-refractivity contribution in [1.82, 2.24) is 9.88 Å². The van der Waals surface area contributed by atoms with Gasteiger partial charge < -0.3 is 9.30 Å². The summed E-state index contributed by atoms with van der Waals surface area (Å²) in [6.07, 6.45) is 4.54. The van der Waals surface area contributed by atoms with E-state index < -0.39 is 0 Å². The predicted molar refractivity (Wildman–Crippen MR) is 120 cm³/mol. The average Bonchev–Trinajstić information content (AvgIpc) is 3.19. The zero-order valence-corrected chi connectivity index (χ0v) is 18.3. The minimum atomic E-state index is -0.357. The van der Waals surface area contributed by atoms with Gasteiger partial charge in [0.05, 0.1) is 16.5 Å². The van der Waals surface area contributed by atoms with Gasteiger partial charge >= 0.3 is 0 Å². The minimum absolute atomic E-state index is 0.345. The Morgan fingerprint density at radius 3 is 2.79 bits per heavy atom. The van der Waals surface area contributed by atoms with Gasteiger partial charge in [0.2, 0.25) is 0 Å². The summed E-state index contributed by atoms with van der Waals surface area (Å²) in [5, 5.41) is 3.55.